The van der Waals surface area contributed by atoms with E-state index in [4.69, 9.17) is 0 Å². The Kier molecular flexibility index (Phi) is 4.39. The molecule has 4 nitrogen and oxygen atoms in total. The van der Waals surface area contributed by atoms with Gasteiger partial charge in [-0.05, 0) is 37.7 Å². The number of nitrogens with one attached hydrogen (secondary N) is 2. The van der Waals surface area contributed by atoms with Crippen molar-refractivity contribution in [3.8, 4) is 0 Å². The van der Waals surface area contributed by atoms with E-state index in [9.17, 15) is 0 Å². The third-order valence-corrected chi connectivity index (χ3v) is 4.05. The normalized spacial score (nSPS) is 17.7. The molecule has 1 saturated carbocycles. The minimum atomic E-state index is 0.489. The second-order valence-electron chi connectivity index (χ2n) is 5.21. The second kappa shape index (κ2) is 6.03. The molecule has 1 heterocycles. The molecule has 18 heavy (non-hydrogen) atoms. The van der Waals surface area contributed by atoms with Crippen LogP contribution in [0.4, 0.5) is 11.8 Å². The zero-order valence-electron chi connectivity index (χ0n) is 11.5. The van der Waals surface area contributed by atoms with Gasteiger partial charge in [0.25, 0.3) is 0 Å². The van der Waals surface area contributed by atoms with Crippen LogP contribution in [-0.4, -0.2) is 23.1 Å². The number of hydrogen-bond donors (Lipinski definition) is 2. The van der Waals surface area contributed by atoms with Crippen molar-refractivity contribution in [2.45, 2.75) is 46.0 Å². The van der Waals surface area contributed by atoms with Crippen LogP contribution < -0.4 is 10.6 Å². The lowest BCUT2D eigenvalue weighted by molar-refractivity contribution is 0.306. The largest absolute Gasteiger partial charge is 0.369 e. The summed E-state index contributed by atoms with van der Waals surface area (Å²) in [6, 6.07) is 1.94. The molecule has 0 aliphatic heterocycles. The van der Waals surface area contributed by atoms with E-state index in [-0.39, 0.29) is 0 Å². The van der Waals surface area contributed by atoms with E-state index >= 15 is 0 Å². The van der Waals surface area contributed by atoms with Crippen LogP contribution in [0.3, 0.4) is 0 Å². The topological polar surface area (TPSA) is 49.8 Å². The average molecular weight is 248 g/mol. The van der Waals surface area contributed by atoms with Crippen LogP contribution in [0.2, 0.25) is 0 Å². The zero-order chi connectivity index (χ0) is 12.8. The van der Waals surface area contributed by atoms with Crippen molar-refractivity contribution in [1.82, 2.24) is 9.97 Å². The van der Waals surface area contributed by atoms with Crippen LogP contribution in [0.1, 0.15) is 46.0 Å². The lowest BCUT2D eigenvalue weighted by atomic mass is 9.83. The summed E-state index contributed by atoms with van der Waals surface area (Å²) in [4.78, 5) is 8.64. The molecule has 1 aliphatic carbocycles. The molecule has 1 aromatic heterocycles. The van der Waals surface area contributed by atoms with E-state index in [0.717, 1.165) is 18.9 Å². The fourth-order valence-electron chi connectivity index (χ4n) is 2.76. The Hall–Kier alpha value is -1.32. The van der Waals surface area contributed by atoms with Crippen molar-refractivity contribution in [2.75, 3.05) is 23.7 Å². The third kappa shape index (κ3) is 3.12. The van der Waals surface area contributed by atoms with Gasteiger partial charge in [-0.1, -0.05) is 19.8 Å². The molecule has 4 heteroatoms. The van der Waals surface area contributed by atoms with E-state index in [1.807, 2.05) is 13.0 Å². The molecule has 100 valence electrons. The minimum absolute atomic E-state index is 0.489. The number of rotatable bonds is 6. The van der Waals surface area contributed by atoms with E-state index < -0.39 is 0 Å². The lowest BCUT2D eigenvalue weighted by Crippen LogP contribution is -2.26. The van der Waals surface area contributed by atoms with Crippen molar-refractivity contribution < 1.29 is 0 Å². The predicted molar refractivity (Wildman–Crippen MR) is 75.9 cm³/mol. The Morgan fingerprint density at radius 2 is 2.00 bits per heavy atom. The Morgan fingerprint density at radius 1 is 1.22 bits per heavy atom. The Bertz CT molecular complexity index is 372. The molecule has 2 rings (SSSR count). The van der Waals surface area contributed by atoms with Gasteiger partial charge in [0, 0.05) is 19.3 Å². The van der Waals surface area contributed by atoms with Gasteiger partial charge in [0.1, 0.15) is 5.82 Å². The van der Waals surface area contributed by atoms with Crippen LogP contribution >= 0.6 is 0 Å². The Balaban J connectivity index is 1.94. The Morgan fingerprint density at radius 3 is 2.67 bits per heavy atom. The van der Waals surface area contributed by atoms with Gasteiger partial charge in [0.2, 0.25) is 5.95 Å². The molecule has 1 aliphatic rings. The average Bonchev–Trinajstić information content (AvgIpc) is 2.87. The lowest BCUT2D eigenvalue weighted by Gasteiger charge is -2.27. The number of aromatic nitrogens is 2. The molecule has 0 spiro atoms. The van der Waals surface area contributed by atoms with Crippen molar-refractivity contribution in [1.29, 1.82) is 0 Å². The van der Waals surface area contributed by atoms with Gasteiger partial charge in [0.05, 0.1) is 0 Å². The highest BCUT2D eigenvalue weighted by Gasteiger charge is 2.31. The number of hydrogen-bond acceptors (Lipinski definition) is 4. The van der Waals surface area contributed by atoms with Gasteiger partial charge < -0.3 is 10.6 Å². The zero-order valence-corrected chi connectivity index (χ0v) is 11.5. The standard InChI is InChI=1S/C14H24N4/c1-3-14(8-5-6-9-14)11-17-12-7-10-16-13(18-12)15-4-2/h7,10H,3-6,8-9,11H2,1-2H3,(H2,15,16,17,18). The minimum Gasteiger partial charge on any atom is -0.369 e. The summed E-state index contributed by atoms with van der Waals surface area (Å²) in [6.45, 7) is 6.24. The molecular weight excluding hydrogens is 224 g/mol. The summed E-state index contributed by atoms with van der Waals surface area (Å²) < 4.78 is 0. The molecule has 0 amide bonds. The van der Waals surface area contributed by atoms with Crippen molar-refractivity contribution in [3.05, 3.63) is 12.3 Å². The fraction of sp³-hybridized carbons (Fsp3) is 0.714. The summed E-state index contributed by atoms with van der Waals surface area (Å²) in [6.07, 6.45) is 8.51. The summed E-state index contributed by atoms with van der Waals surface area (Å²) >= 11 is 0. The van der Waals surface area contributed by atoms with Gasteiger partial charge >= 0.3 is 0 Å². The number of nitrogens with zero attached hydrogens (tertiary/aromatic N) is 2. The SMILES string of the molecule is CCNc1nccc(NCC2(CC)CCCC2)n1. The molecule has 1 aromatic rings. The van der Waals surface area contributed by atoms with Crippen LogP contribution in [0.15, 0.2) is 12.3 Å². The second-order valence-corrected chi connectivity index (χ2v) is 5.21. The van der Waals surface area contributed by atoms with E-state index in [2.05, 4.69) is 27.5 Å². The van der Waals surface area contributed by atoms with Gasteiger partial charge in [-0.15, -0.1) is 0 Å². The summed E-state index contributed by atoms with van der Waals surface area (Å²) in [5.41, 5.74) is 0.489. The van der Waals surface area contributed by atoms with Crippen LogP contribution in [-0.2, 0) is 0 Å². The molecule has 0 radical (unpaired) electrons. The molecule has 0 unspecified atom stereocenters. The Labute approximate surface area is 110 Å². The molecule has 0 bridgehead atoms. The van der Waals surface area contributed by atoms with Crippen molar-refractivity contribution >= 4 is 11.8 Å². The summed E-state index contributed by atoms with van der Waals surface area (Å²) in [5.74, 6) is 1.64. The molecule has 2 N–H and O–H groups in total. The van der Waals surface area contributed by atoms with Crippen LogP contribution in [0.5, 0.6) is 0 Å². The molecule has 0 saturated heterocycles. The smallest absolute Gasteiger partial charge is 0.224 e. The first kappa shape index (κ1) is 13.1. The van der Waals surface area contributed by atoms with E-state index in [0.29, 0.717) is 11.4 Å². The quantitative estimate of drug-likeness (QED) is 0.811. The number of anilines is 2. The predicted octanol–water partition coefficient (Wildman–Crippen LogP) is 3.29. The highest BCUT2D eigenvalue weighted by atomic mass is 15.1. The van der Waals surface area contributed by atoms with Gasteiger partial charge in [-0.25, -0.2) is 4.98 Å². The maximum atomic E-state index is 4.46. The van der Waals surface area contributed by atoms with Crippen molar-refractivity contribution in [2.24, 2.45) is 5.41 Å². The van der Waals surface area contributed by atoms with Gasteiger partial charge in [0.15, 0.2) is 0 Å². The molecule has 0 aromatic carbocycles. The molecule has 0 atom stereocenters. The van der Waals surface area contributed by atoms with Gasteiger partial charge in [-0.3, -0.25) is 0 Å². The monoisotopic (exact) mass is 248 g/mol. The first-order chi connectivity index (χ1) is 8.78. The summed E-state index contributed by atoms with van der Waals surface area (Å²) in [5, 5.41) is 6.62. The van der Waals surface area contributed by atoms with Crippen LogP contribution in [0, 0.1) is 5.41 Å². The third-order valence-electron chi connectivity index (χ3n) is 4.05. The van der Waals surface area contributed by atoms with E-state index in [1.165, 1.54) is 32.1 Å². The van der Waals surface area contributed by atoms with Gasteiger partial charge in [-0.2, -0.15) is 4.98 Å². The first-order valence-electron chi connectivity index (χ1n) is 7.09. The summed E-state index contributed by atoms with van der Waals surface area (Å²) in [7, 11) is 0. The highest BCUT2D eigenvalue weighted by molar-refractivity contribution is 5.39. The molecular formula is C14H24N4. The van der Waals surface area contributed by atoms with E-state index in [1.54, 1.807) is 6.20 Å². The highest BCUT2D eigenvalue weighted by Crippen LogP contribution is 2.40. The van der Waals surface area contributed by atoms with Crippen molar-refractivity contribution in [3.63, 3.8) is 0 Å². The maximum Gasteiger partial charge on any atom is 0.224 e. The maximum absolute atomic E-state index is 4.46. The molecule has 1 fully saturated rings. The first-order valence-corrected chi connectivity index (χ1v) is 7.09. The van der Waals surface area contributed by atoms with Crippen LogP contribution in [0.25, 0.3) is 0 Å². The fourth-order valence-corrected chi connectivity index (χ4v) is 2.76.